The van der Waals surface area contributed by atoms with Crippen LogP contribution in [0.25, 0.3) is 0 Å². The van der Waals surface area contributed by atoms with E-state index in [4.69, 9.17) is 14.0 Å². The zero-order valence-corrected chi connectivity index (χ0v) is 37.0. The molecule has 59 heavy (non-hydrogen) atoms. The second-order valence-corrected chi connectivity index (χ2v) is 18.4. The van der Waals surface area contributed by atoms with Crippen LogP contribution in [0.2, 0.25) is 0 Å². The number of amides is 4. The summed E-state index contributed by atoms with van der Waals surface area (Å²) in [6.07, 6.45) is -0.987. The summed E-state index contributed by atoms with van der Waals surface area (Å²) in [7, 11) is -3.39. The number of carbonyl (C=O) groups excluding carboxylic acids is 3. The first-order valence-corrected chi connectivity index (χ1v) is 22.8. The van der Waals surface area contributed by atoms with Crippen molar-refractivity contribution < 1.29 is 42.7 Å². The molecule has 4 rings (SSSR count). The van der Waals surface area contributed by atoms with Crippen LogP contribution in [0.1, 0.15) is 80.6 Å². The van der Waals surface area contributed by atoms with Gasteiger partial charge >= 0.3 is 19.9 Å². The van der Waals surface area contributed by atoms with Gasteiger partial charge in [0.15, 0.2) is 6.29 Å². The molecule has 0 aliphatic heterocycles. The molecule has 4 amide bonds. The van der Waals surface area contributed by atoms with Crippen molar-refractivity contribution in [3.63, 3.8) is 0 Å². The van der Waals surface area contributed by atoms with Crippen molar-refractivity contribution in [2.45, 2.75) is 110 Å². The van der Waals surface area contributed by atoms with Gasteiger partial charge in [0, 0.05) is 36.5 Å². The molecule has 0 aliphatic carbocycles. The summed E-state index contributed by atoms with van der Waals surface area (Å²) in [4.78, 5) is 71.9. The molecule has 2 aromatic heterocycles. The Labute approximate surface area is 354 Å². The normalized spacial score (nSPS) is 14.4. The van der Waals surface area contributed by atoms with Gasteiger partial charge in [-0.15, -0.1) is 22.7 Å². The molecule has 0 spiro atoms. The highest BCUT2D eigenvalue weighted by atomic mass is 32.1. The lowest BCUT2D eigenvalue weighted by Crippen LogP contribution is -2.56. The Morgan fingerprint density at radius 2 is 1.51 bits per heavy atom. The predicted octanol–water partition coefficient (Wildman–Crippen LogP) is 7.02. The molecule has 0 saturated heterocycles. The Bertz CT molecular complexity index is 1930. The van der Waals surface area contributed by atoms with E-state index < -0.39 is 62.3 Å². The first-order valence-electron chi connectivity index (χ1n) is 19.5. The molecular formula is C41H57N6O9PS2. The second-order valence-electron chi connectivity index (χ2n) is 15.4. The maximum absolute atomic E-state index is 14.3. The Balaban J connectivity index is 1.66. The average Bonchev–Trinajstić information content (AvgIpc) is 3.88. The molecule has 0 saturated carbocycles. The SMILES string of the molecule is CC(C)c1nc(CN(C)C(=O)N[C@H](C(=O)NC(Cc2ccccc2)C[C@H](O[C@@H](OP(=O)(O)O)C(C)C)[C@H](Cc2ccccc2)NC(=O)OCc2cncs2)C(C)C)cs1. The summed E-state index contributed by atoms with van der Waals surface area (Å²) in [6.45, 7) is 11.4. The predicted molar refractivity (Wildman–Crippen MR) is 228 cm³/mol. The molecule has 2 heterocycles. The monoisotopic (exact) mass is 872 g/mol. The molecule has 15 nitrogen and oxygen atoms in total. The van der Waals surface area contributed by atoms with E-state index in [1.807, 2.05) is 79.9 Å². The van der Waals surface area contributed by atoms with Gasteiger partial charge in [0.05, 0.1) is 39.8 Å². The van der Waals surface area contributed by atoms with Crippen molar-refractivity contribution >= 4 is 48.5 Å². The van der Waals surface area contributed by atoms with Crippen LogP contribution in [-0.4, -0.2) is 80.3 Å². The van der Waals surface area contributed by atoms with Crippen LogP contribution >= 0.6 is 30.5 Å². The third-order valence-corrected chi connectivity index (χ3v) is 11.6. The topological polar surface area (TPSA) is 202 Å². The van der Waals surface area contributed by atoms with Gasteiger partial charge in [0.1, 0.15) is 12.6 Å². The summed E-state index contributed by atoms with van der Waals surface area (Å²) in [6, 6.07) is 15.9. The minimum absolute atomic E-state index is 0.0248. The number of hydrogen-bond acceptors (Lipinski definition) is 11. The van der Waals surface area contributed by atoms with Crippen molar-refractivity contribution in [3.8, 4) is 0 Å². The lowest BCUT2D eigenvalue weighted by atomic mass is 9.92. The Kier molecular flexibility index (Phi) is 18.5. The number of hydrogen-bond donors (Lipinski definition) is 5. The minimum Gasteiger partial charge on any atom is -0.444 e. The molecular weight excluding hydrogens is 816 g/mol. The fourth-order valence-electron chi connectivity index (χ4n) is 6.13. The third-order valence-electron chi connectivity index (χ3n) is 9.20. The number of benzene rings is 2. The van der Waals surface area contributed by atoms with E-state index in [9.17, 15) is 28.7 Å². The Morgan fingerprint density at radius 1 is 0.864 bits per heavy atom. The van der Waals surface area contributed by atoms with Gasteiger partial charge < -0.3 is 40.1 Å². The lowest BCUT2D eigenvalue weighted by Gasteiger charge is -2.35. The second kappa shape index (κ2) is 23.0. The highest BCUT2D eigenvalue weighted by Crippen LogP contribution is 2.40. The molecule has 0 aliphatic rings. The Morgan fingerprint density at radius 3 is 2.05 bits per heavy atom. The van der Waals surface area contributed by atoms with Crippen LogP contribution < -0.4 is 16.0 Å². The number of nitrogens with zero attached hydrogens (tertiary/aromatic N) is 3. The molecule has 4 aromatic rings. The summed E-state index contributed by atoms with van der Waals surface area (Å²) >= 11 is 2.87. The number of alkyl carbamates (subject to hydrolysis) is 1. The number of aromatic nitrogens is 2. The number of ether oxygens (including phenoxy) is 2. The van der Waals surface area contributed by atoms with Crippen molar-refractivity contribution in [3.05, 3.63) is 104 Å². The number of urea groups is 1. The summed E-state index contributed by atoms with van der Waals surface area (Å²) in [5, 5.41) is 11.9. The van der Waals surface area contributed by atoms with Crippen molar-refractivity contribution in [1.82, 2.24) is 30.8 Å². The van der Waals surface area contributed by atoms with Crippen LogP contribution in [0.5, 0.6) is 0 Å². The number of phosphoric ester groups is 1. The van der Waals surface area contributed by atoms with Crippen LogP contribution in [0, 0.1) is 11.8 Å². The van der Waals surface area contributed by atoms with Gasteiger partial charge in [-0.3, -0.25) is 14.3 Å². The van der Waals surface area contributed by atoms with E-state index in [0.29, 0.717) is 6.42 Å². The van der Waals surface area contributed by atoms with E-state index >= 15 is 0 Å². The molecule has 5 atom stereocenters. The first kappa shape index (κ1) is 47.5. The van der Waals surface area contributed by atoms with Gasteiger partial charge in [-0.25, -0.2) is 19.1 Å². The fraction of sp³-hybridized carbons (Fsp3) is 0.488. The van der Waals surface area contributed by atoms with E-state index in [0.717, 1.165) is 26.7 Å². The number of rotatable bonds is 22. The van der Waals surface area contributed by atoms with Gasteiger partial charge in [0.2, 0.25) is 5.91 Å². The molecule has 322 valence electrons. The molecule has 0 bridgehead atoms. The smallest absolute Gasteiger partial charge is 0.444 e. The van der Waals surface area contributed by atoms with Gasteiger partial charge in [-0.2, -0.15) is 0 Å². The highest BCUT2D eigenvalue weighted by molar-refractivity contribution is 7.46. The average molecular weight is 873 g/mol. The zero-order valence-electron chi connectivity index (χ0n) is 34.5. The van der Waals surface area contributed by atoms with Crippen molar-refractivity contribution in [1.29, 1.82) is 0 Å². The van der Waals surface area contributed by atoms with Crippen molar-refractivity contribution in [2.75, 3.05) is 7.05 Å². The molecule has 2 aromatic carbocycles. The van der Waals surface area contributed by atoms with Crippen LogP contribution in [0.4, 0.5) is 9.59 Å². The molecule has 1 unspecified atom stereocenters. The number of thiazole rings is 2. The standard InChI is InChI=1S/C41H57N6O9PS2/c1-26(2)36(46-40(49)47(7)22-32-24-58-38(44-32)27(3)4)37(48)43-31(18-29-14-10-8-11-15-29)20-35(55-39(28(5)6)56-57(51,52)53)34(19-30-16-12-9-13-17-30)45-41(50)54-23-33-21-42-25-59-33/h8-17,21,24-28,31,34-36,39H,18-20,22-23H2,1-7H3,(H,43,48)(H,45,50)(H,46,49)(H2,51,52,53)/t31?,34-,35-,36-,39-/m0/s1. The van der Waals surface area contributed by atoms with Crippen LogP contribution in [0.15, 0.2) is 77.8 Å². The Hall–Kier alpha value is -4.22. The third kappa shape index (κ3) is 16.4. The van der Waals surface area contributed by atoms with Crippen LogP contribution in [0.3, 0.4) is 0 Å². The molecule has 0 radical (unpaired) electrons. The summed E-state index contributed by atoms with van der Waals surface area (Å²) in [5.41, 5.74) is 4.10. The fourth-order valence-corrected chi connectivity index (χ4v) is 8.02. The maximum atomic E-state index is 14.3. The highest BCUT2D eigenvalue weighted by Gasteiger charge is 2.36. The zero-order chi connectivity index (χ0) is 43.1. The van der Waals surface area contributed by atoms with Crippen LogP contribution in [-0.2, 0) is 49.4 Å². The summed E-state index contributed by atoms with van der Waals surface area (Å²) in [5.74, 6) is -1.04. The van der Waals surface area contributed by atoms with E-state index in [1.54, 1.807) is 32.6 Å². The van der Waals surface area contributed by atoms with E-state index in [-0.39, 0.29) is 37.8 Å². The molecule has 5 N–H and O–H groups in total. The van der Waals surface area contributed by atoms with E-state index in [1.165, 1.54) is 27.6 Å². The number of nitrogens with one attached hydrogen (secondary N) is 3. The largest absolute Gasteiger partial charge is 0.471 e. The number of carbonyl (C=O) groups is 3. The van der Waals surface area contributed by atoms with E-state index in [2.05, 4.69) is 39.8 Å². The van der Waals surface area contributed by atoms with Gasteiger partial charge in [0.25, 0.3) is 0 Å². The summed E-state index contributed by atoms with van der Waals surface area (Å²) < 4.78 is 29.4. The molecule has 18 heteroatoms. The quantitative estimate of drug-likeness (QED) is 0.0401. The number of phosphoric acid groups is 1. The first-order chi connectivity index (χ1) is 28.0. The van der Waals surface area contributed by atoms with Gasteiger partial charge in [-0.05, 0) is 36.3 Å². The lowest BCUT2D eigenvalue weighted by molar-refractivity contribution is -0.162. The minimum atomic E-state index is -5.04. The maximum Gasteiger partial charge on any atom is 0.471 e. The molecule has 0 fully saturated rings. The van der Waals surface area contributed by atoms with Gasteiger partial charge in [-0.1, -0.05) is 102 Å². The van der Waals surface area contributed by atoms with Crippen molar-refractivity contribution in [2.24, 2.45) is 11.8 Å².